The van der Waals surface area contributed by atoms with Gasteiger partial charge in [-0.1, -0.05) is 29.0 Å². The molecule has 0 radical (unpaired) electrons. The number of hydrogen-bond acceptors (Lipinski definition) is 8. The third-order valence-corrected chi connectivity index (χ3v) is 6.88. The maximum Gasteiger partial charge on any atom is 0.270 e. The molecule has 170 valence electrons. The van der Waals surface area contributed by atoms with Crippen LogP contribution in [0.2, 0.25) is 5.02 Å². The molecule has 2 N–H and O–H groups in total. The second-order valence-corrected chi connectivity index (χ2v) is 10.2. The van der Waals surface area contributed by atoms with Crippen molar-refractivity contribution in [2.75, 3.05) is 12.4 Å². The molecule has 1 aromatic heterocycles. The summed E-state index contributed by atoms with van der Waals surface area (Å²) in [6.07, 6.45) is -0.0277. The third kappa shape index (κ3) is 6.16. The van der Waals surface area contributed by atoms with E-state index < -0.39 is 15.9 Å². The molecule has 3 aromatic rings. The average Bonchev–Trinajstić information content (AvgIpc) is 3.22. The van der Waals surface area contributed by atoms with Gasteiger partial charge >= 0.3 is 0 Å². The maximum absolute atomic E-state index is 12.6. The van der Waals surface area contributed by atoms with E-state index in [0.29, 0.717) is 27.6 Å². The van der Waals surface area contributed by atoms with Crippen molar-refractivity contribution in [2.45, 2.75) is 30.8 Å². The van der Waals surface area contributed by atoms with Crippen molar-refractivity contribution in [3.8, 4) is 11.5 Å². The van der Waals surface area contributed by atoms with Crippen molar-refractivity contribution in [3.05, 3.63) is 58.6 Å². The molecule has 1 amide bonds. The number of ether oxygens (including phenoxy) is 2. The monoisotopic (exact) mass is 496 g/mol. The van der Waals surface area contributed by atoms with Gasteiger partial charge in [-0.2, -0.15) is 0 Å². The number of amides is 1. The lowest BCUT2D eigenvalue weighted by atomic mass is 10.2. The van der Waals surface area contributed by atoms with Crippen molar-refractivity contribution in [2.24, 2.45) is 0 Å². The van der Waals surface area contributed by atoms with Crippen LogP contribution in [0, 0.1) is 0 Å². The fourth-order valence-corrected chi connectivity index (χ4v) is 4.63. The molecule has 32 heavy (non-hydrogen) atoms. The van der Waals surface area contributed by atoms with Gasteiger partial charge in [0, 0.05) is 17.1 Å². The molecule has 1 heterocycles. The number of methoxy groups -OCH3 is 1. The van der Waals surface area contributed by atoms with Crippen LogP contribution >= 0.6 is 22.9 Å². The van der Waals surface area contributed by atoms with E-state index in [2.05, 4.69) is 20.2 Å². The number of nitrogens with zero attached hydrogens (tertiary/aromatic N) is 2. The number of sulfonamides is 1. The number of hydrogen-bond donors (Lipinski definition) is 2. The van der Waals surface area contributed by atoms with Gasteiger partial charge < -0.3 is 9.47 Å². The van der Waals surface area contributed by atoms with Gasteiger partial charge in [0.25, 0.3) is 15.9 Å². The zero-order valence-electron chi connectivity index (χ0n) is 17.5. The number of carbonyl (C=O) groups is 1. The highest BCUT2D eigenvalue weighted by atomic mass is 35.5. The largest absolute Gasteiger partial charge is 0.493 e. The van der Waals surface area contributed by atoms with Crippen LogP contribution in [0.15, 0.2) is 46.8 Å². The molecule has 2 aromatic carbocycles. The van der Waals surface area contributed by atoms with Crippen molar-refractivity contribution in [1.82, 2.24) is 14.9 Å². The molecule has 0 atom stereocenters. The van der Waals surface area contributed by atoms with Gasteiger partial charge in [-0.3, -0.25) is 10.1 Å². The number of aromatic nitrogens is 2. The Morgan fingerprint density at radius 3 is 2.50 bits per heavy atom. The first-order valence-electron chi connectivity index (χ1n) is 9.41. The highest BCUT2D eigenvalue weighted by molar-refractivity contribution is 7.91. The van der Waals surface area contributed by atoms with Crippen molar-refractivity contribution in [3.63, 3.8) is 0 Å². The highest BCUT2D eigenvalue weighted by Gasteiger charge is 2.21. The molecule has 0 unspecified atom stereocenters. The summed E-state index contributed by atoms with van der Waals surface area (Å²) in [4.78, 5) is 12.2. The summed E-state index contributed by atoms with van der Waals surface area (Å²) < 4.78 is 38.4. The first-order chi connectivity index (χ1) is 15.2. The average molecular weight is 497 g/mol. The van der Waals surface area contributed by atoms with E-state index in [1.54, 1.807) is 42.5 Å². The molecule has 0 saturated heterocycles. The van der Waals surface area contributed by atoms with Gasteiger partial charge in [-0.05, 0) is 55.8 Å². The first-order valence-corrected chi connectivity index (χ1v) is 12.1. The highest BCUT2D eigenvalue weighted by Crippen LogP contribution is 2.29. The number of benzene rings is 2. The summed E-state index contributed by atoms with van der Waals surface area (Å²) in [5.41, 5.74) is 1.02. The molecule has 0 aliphatic rings. The summed E-state index contributed by atoms with van der Waals surface area (Å²) in [5.74, 6) is 0.614. The van der Waals surface area contributed by atoms with Crippen molar-refractivity contribution < 1.29 is 22.7 Å². The Labute approximate surface area is 194 Å². The smallest absolute Gasteiger partial charge is 0.270 e. The Bertz CT molecular complexity index is 1200. The van der Waals surface area contributed by atoms with Gasteiger partial charge in [0.05, 0.1) is 13.2 Å². The zero-order chi connectivity index (χ0) is 23.3. The van der Waals surface area contributed by atoms with E-state index in [1.807, 2.05) is 13.8 Å². The van der Waals surface area contributed by atoms with Crippen molar-refractivity contribution in [1.29, 1.82) is 0 Å². The Balaban J connectivity index is 1.65. The summed E-state index contributed by atoms with van der Waals surface area (Å²) in [6.45, 7) is 3.80. The Morgan fingerprint density at radius 1 is 1.12 bits per heavy atom. The van der Waals surface area contributed by atoms with E-state index in [9.17, 15) is 13.2 Å². The predicted molar refractivity (Wildman–Crippen MR) is 122 cm³/mol. The normalized spacial score (nSPS) is 11.4. The minimum atomic E-state index is -3.94. The second kappa shape index (κ2) is 10.3. The minimum absolute atomic E-state index is 0.00665. The lowest BCUT2D eigenvalue weighted by Crippen LogP contribution is -2.23. The molecule has 0 saturated carbocycles. The molecule has 0 aliphatic heterocycles. The van der Waals surface area contributed by atoms with E-state index in [1.165, 1.54) is 7.11 Å². The van der Waals surface area contributed by atoms with Gasteiger partial charge in [-0.25, -0.2) is 13.1 Å². The van der Waals surface area contributed by atoms with E-state index in [-0.39, 0.29) is 22.1 Å². The van der Waals surface area contributed by atoms with E-state index in [0.717, 1.165) is 11.3 Å². The van der Waals surface area contributed by atoms with Gasteiger partial charge in [-0.15, -0.1) is 10.2 Å². The minimum Gasteiger partial charge on any atom is -0.493 e. The fourth-order valence-electron chi connectivity index (χ4n) is 2.55. The maximum atomic E-state index is 12.6. The standard InChI is InChI=1S/C20H21ClN4O5S2/c1-12(2)30-16-9-4-13(10-17(16)29-3)11-22-32(27,28)20-25-24-19(31-20)23-18(26)14-5-7-15(21)8-6-14/h4-10,12,22H,11H2,1-3H3,(H,23,24,26). The lowest BCUT2D eigenvalue weighted by molar-refractivity contribution is 0.102. The number of halogens is 1. The molecular weight excluding hydrogens is 476 g/mol. The molecule has 0 bridgehead atoms. The Hall–Kier alpha value is -2.73. The van der Waals surface area contributed by atoms with Crippen LogP contribution in [-0.4, -0.2) is 37.7 Å². The first kappa shape index (κ1) is 23.9. The fraction of sp³-hybridized carbons (Fsp3) is 0.250. The number of anilines is 1. The third-order valence-electron chi connectivity index (χ3n) is 4.02. The molecule has 0 fully saturated rings. The van der Waals surface area contributed by atoms with Crippen LogP contribution in [0.1, 0.15) is 29.8 Å². The molecular formula is C20H21ClN4O5S2. The van der Waals surface area contributed by atoms with Crippen LogP contribution < -0.4 is 19.5 Å². The Kier molecular flexibility index (Phi) is 7.67. The molecule has 0 spiro atoms. The quantitative estimate of drug-likeness (QED) is 0.433. The van der Waals surface area contributed by atoms with Crippen LogP contribution in [0.4, 0.5) is 5.13 Å². The zero-order valence-corrected chi connectivity index (χ0v) is 19.8. The number of rotatable bonds is 9. The molecule has 12 heteroatoms. The van der Waals surface area contributed by atoms with E-state index >= 15 is 0 Å². The number of carbonyl (C=O) groups excluding carboxylic acids is 1. The van der Waals surface area contributed by atoms with Crippen LogP contribution in [-0.2, 0) is 16.6 Å². The summed E-state index contributed by atoms with van der Waals surface area (Å²) in [7, 11) is -2.43. The summed E-state index contributed by atoms with van der Waals surface area (Å²) in [5, 5.41) is 10.5. The van der Waals surface area contributed by atoms with Crippen LogP contribution in [0.5, 0.6) is 11.5 Å². The summed E-state index contributed by atoms with van der Waals surface area (Å²) in [6, 6.07) is 11.4. The molecule has 0 aliphatic carbocycles. The van der Waals surface area contributed by atoms with Crippen molar-refractivity contribution >= 4 is 44.0 Å². The van der Waals surface area contributed by atoms with Crippen LogP contribution in [0.25, 0.3) is 0 Å². The van der Waals surface area contributed by atoms with Gasteiger partial charge in [0.1, 0.15) is 0 Å². The number of nitrogens with one attached hydrogen (secondary N) is 2. The van der Waals surface area contributed by atoms with Crippen LogP contribution in [0.3, 0.4) is 0 Å². The molecule has 9 nitrogen and oxygen atoms in total. The summed E-state index contributed by atoms with van der Waals surface area (Å²) >= 11 is 6.55. The second-order valence-electron chi connectivity index (χ2n) is 6.81. The van der Waals surface area contributed by atoms with Gasteiger partial charge in [0.2, 0.25) is 9.47 Å². The van der Waals surface area contributed by atoms with E-state index in [4.69, 9.17) is 21.1 Å². The van der Waals surface area contributed by atoms with Gasteiger partial charge in [0.15, 0.2) is 11.5 Å². The SMILES string of the molecule is COc1cc(CNS(=O)(=O)c2nnc(NC(=O)c3ccc(Cl)cc3)s2)ccc1OC(C)C. The topological polar surface area (TPSA) is 120 Å². The predicted octanol–water partition coefficient (Wildman–Crippen LogP) is 3.72. The molecule has 3 rings (SSSR count). The Morgan fingerprint density at radius 2 is 1.84 bits per heavy atom. The lowest BCUT2D eigenvalue weighted by Gasteiger charge is -2.14.